The van der Waals surface area contributed by atoms with E-state index in [2.05, 4.69) is 5.32 Å². The second-order valence-corrected chi connectivity index (χ2v) is 6.19. The molecule has 0 unspecified atom stereocenters. The average Bonchev–Trinajstić information content (AvgIpc) is 2.74. The molecule has 6 nitrogen and oxygen atoms in total. The standard InChI is InChI=1S/C23H20N2O4/c1-2-29-21-13-11-19(12-14-21)24-23(26)22(18-8-4-3-5-9-18)16-17-7-6-10-20(15-17)25(27)28/h3-16H,2H2,1H3,(H,24,26). The van der Waals surface area contributed by atoms with Gasteiger partial charge in [0.2, 0.25) is 0 Å². The molecule has 3 rings (SSSR count). The van der Waals surface area contributed by atoms with Crippen LogP contribution in [0.15, 0.2) is 78.9 Å². The van der Waals surface area contributed by atoms with Crippen molar-refractivity contribution in [3.63, 3.8) is 0 Å². The van der Waals surface area contributed by atoms with E-state index >= 15 is 0 Å². The molecule has 0 aliphatic carbocycles. The van der Waals surface area contributed by atoms with Crippen LogP contribution in [-0.2, 0) is 4.79 Å². The largest absolute Gasteiger partial charge is 0.494 e. The molecule has 3 aromatic carbocycles. The summed E-state index contributed by atoms with van der Waals surface area (Å²) in [6.07, 6.45) is 1.65. The van der Waals surface area contributed by atoms with Gasteiger partial charge in [0.05, 0.1) is 11.5 Å². The number of nitrogens with one attached hydrogen (secondary N) is 1. The van der Waals surface area contributed by atoms with Crippen LogP contribution in [0.2, 0.25) is 0 Å². The van der Waals surface area contributed by atoms with E-state index in [0.717, 1.165) is 5.75 Å². The monoisotopic (exact) mass is 388 g/mol. The molecule has 0 heterocycles. The van der Waals surface area contributed by atoms with Crippen LogP contribution >= 0.6 is 0 Å². The van der Waals surface area contributed by atoms with Crippen LogP contribution in [0.1, 0.15) is 18.1 Å². The molecule has 0 aliphatic heterocycles. The Balaban J connectivity index is 1.92. The van der Waals surface area contributed by atoms with Crippen molar-refractivity contribution >= 4 is 28.9 Å². The summed E-state index contributed by atoms with van der Waals surface area (Å²) in [6.45, 7) is 2.47. The Labute approximate surface area is 168 Å². The predicted octanol–water partition coefficient (Wildman–Crippen LogP) is 5.17. The zero-order valence-electron chi connectivity index (χ0n) is 15.9. The molecular weight excluding hydrogens is 368 g/mol. The van der Waals surface area contributed by atoms with Crippen LogP contribution in [-0.4, -0.2) is 17.4 Å². The van der Waals surface area contributed by atoms with Crippen molar-refractivity contribution in [1.29, 1.82) is 0 Å². The topological polar surface area (TPSA) is 81.5 Å². The van der Waals surface area contributed by atoms with Gasteiger partial charge in [-0.05, 0) is 48.4 Å². The summed E-state index contributed by atoms with van der Waals surface area (Å²) >= 11 is 0. The lowest BCUT2D eigenvalue weighted by atomic mass is 10.0. The number of hydrogen-bond acceptors (Lipinski definition) is 4. The van der Waals surface area contributed by atoms with Crippen molar-refractivity contribution < 1.29 is 14.5 Å². The molecule has 0 aromatic heterocycles. The van der Waals surface area contributed by atoms with E-state index in [0.29, 0.717) is 29.0 Å². The van der Waals surface area contributed by atoms with Crippen molar-refractivity contribution in [2.75, 3.05) is 11.9 Å². The predicted molar refractivity (Wildman–Crippen MR) is 114 cm³/mol. The van der Waals surface area contributed by atoms with E-state index in [1.165, 1.54) is 12.1 Å². The third-order valence-electron chi connectivity index (χ3n) is 4.14. The lowest BCUT2D eigenvalue weighted by molar-refractivity contribution is -0.384. The number of rotatable bonds is 7. The second-order valence-electron chi connectivity index (χ2n) is 6.19. The van der Waals surface area contributed by atoms with Gasteiger partial charge in [0.1, 0.15) is 5.75 Å². The highest BCUT2D eigenvalue weighted by molar-refractivity contribution is 6.29. The van der Waals surface area contributed by atoms with E-state index in [4.69, 9.17) is 4.74 Å². The molecule has 1 amide bonds. The Kier molecular flexibility index (Phi) is 6.37. The Bertz CT molecular complexity index is 1030. The smallest absolute Gasteiger partial charge is 0.270 e. The first-order valence-corrected chi connectivity index (χ1v) is 9.12. The Hall–Kier alpha value is -3.93. The number of hydrogen-bond donors (Lipinski definition) is 1. The molecule has 0 saturated heterocycles. The lowest BCUT2D eigenvalue weighted by Crippen LogP contribution is -2.13. The number of carbonyl (C=O) groups is 1. The summed E-state index contributed by atoms with van der Waals surface area (Å²) in [7, 11) is 0. The molecule has 146 valence electrons. The van der Waals surface area contributed by atoms with Gasteiger partial charge in [-0.25, -0.2) is 0 Å². The first-order valence-electron chi connectivity index (χ1n) is 9.12. The number of ether oxygens (including phenoxy) is 1. The number of nitrogens with zero attached hydrogens (tertiary/aromatic N) is 1. The fourth-order valence-corrected chi connectivity index (χ4v) is 2.79. The van der Waals surface area contributed by atoms with Crippen LogP contribution in [0.25, 0.3) is 11.6 Å². The number of benzene rings is 3. The van der Waals surface area contributed by atoms with E-state index in [1.54, 1.807) is 42.5 Å². The normalized spacial score (nSPS) is 11.0. The highest BCUT2D eigenvalue weighted by Crippen LogP contribution is 2.23. The zero-order valence-corrected chi connectivity index (χ0v) is 15.9. The van der Waals surface area contributed by atoms with Crippen molar-refractivity contribution in [1.82, 2.24) is 0 Å². The summed E-state index contributed by atoms with van der Waals surface area (Å²) < 4.78 is 5.41. The number of nitro benzene ring substituents is 1. The molecule has 3 aromatic rings. The molecular formula is C23H20N2O4. The van der Waals surface area contributed by atoms with Crippen molar-refractivity contribution in [3.05, 3.63) is 100 Å². The molecule has 6 heteroatoms. The maximum atomic E-state index is 13.0. The van der Waals surface area contributed by atoms with Gasteiger partial charge in [-0.2, -0.15) is 0 Å². The van der Waals surface area contributed by atoms with Crippen LogP contribution in [0.4, 0.5) is 11.4 Å². The lowest BCUT2D eigenvalue weighted by Gasteiger charge is -2.11. The van der Waals surface area contributed by atoms with Crippen LogP contribution in [0.3, 0.4) is 0 Å². The molecule has 0 bridgehead atoms. The molecule has 1 N–H and O–H groups in total. The Morgan fingerprint density at radius 1 is 1.03 bits per heavy atom. The molecule has 0 radical (unpaired) electrons. The third kappa shape index (κ3) is 5.29. The van der Waals surface area contributed by atoms with Gasteiger partial charge >= 0.3 is 0 Å². The van der Waals surface area contributed by atoms with Gasteiger partial charge in [0, 0.05) is 23.4 Å². The molecule has 0 fully saturated rings. The molecule has 0 spiro atoms. The van der Waals surface area contributed by atoms with E-state index < -0.39 is 4.92 Å². The molecule has 29 heavy (non-hydrogen) atoms. The summed E-state index contributed by atoms with van der Waals surface area (Å²) in [6, 6.07) is 22.4. The quantitative estimate of drug-likeness (QED) is 0.262. The number of carbonyl (C=O) groups excluding carboxylic acids is 1. The summed E-state index contributed by atoms with van der Waals surface area (Å²) in [5, 5.41) is 13.9. The minimum atomic E-state index is -0.459. The van der Waals surface area contributed by atoms with E-state index in [1.807, 2.05) is 37.3 Å². The number of amides is 1. The van der Waals surface area contributed by atoms with Gasteiger partial charge in [0.25, 0.3) is 11.6 Å². The highest BCUT2D eigenvalue weighted by Gasteiger charge is 2.14. The van der Waals surface area contributed by atoms with Gasteiger partial charge in [-0.15, -0.1) is 0 Å². The van der Waals surface area contributed by atoms with E-state index in [-0.39, 0.29) is 11.6 Å². The minimum absolute atomic E-state index is 0.0296. The van der Waals surface area contributed by atoms with Gasteiger partial charge in [-0.1, -0.05) is 42.5 Å². The average molecular weight is 388 g/mol. The fourth-order valence-electron chi connectivity index (χ4n) is 2.79. The number of nitro groups is 1. The van der Waals surface area contributed by atoms with Crippen molar-refractivity contribution in [2.45, 2.75) is 6.92 Å². The van der Waals surface area contributed by atoms with Gasteiger partial charge in [0.15, 0.2) is 0 Å². The van der Waals surface area contributed by atoms with Crippen molar-refractivity contribution in [3.8, 4) is 5.75 Å². The van der Waals surface area contributed by atoms with Crippen LogP contribution in [0.5, 0.6) is 5.75 Å². The van der Waals surface area contributed by atoms with Gasteiger partial charge < -0.3 is 10.1 Å². The first-order chi connectivity index (χ1) is 14.1. The zero-order chi connectivity index (χ0) is 20.6. The van der Waals surface area contributed by atoms with Gasteiger partial charge in [-0.3, -0.25) is 14.9 Å². The van der Waals surface area contributed by atoms with E-state index in [9.17, 15) is 14.9 Å². The van der Waals surface area contributed by atoms with Crippen molar-refractivity contribution in [2.24, 2.45) is 0 Å². The van der Waals surface area contributed by atoms with Crippen LogP contribution in [0, 0.1) is 10.1 Å². The summed E-state index contributed by atoms with van der Waals surface area (Å²) in [5.74, 6) is 0.410. The highest BCUT2D eigenvalue weighted by atomic mass is 16.6. The first kappa shape index (κ1) is 19.8. The Morgan fingerprint density at radius 2 is 1.76 bits per heavy atom. The summed E-state index contributed by atoms with van der Waals surface area (Å²) in [5.41, 5.74) is 2.28. The second kappa shape index (κ2) is 9.32. The third-order valence-corrected chi connectivity index (χ3v) is 4.14. The fraction of sp³-hybridized carbons (Fsp3) is 0.0870. The number of anilines is 1. The summed E-state index contributed by atoms with van der Waals surface area (Å²) in [4.78, 5) is 23.6. The van der Waals surface area contributed by atoms with Crippen LogP contribution < -0.4 is 10.1 Å². The molecule has 0 aliphatic rings. The maximum Gasteiger partial charge on any atom is 0.270 e. The SMILES string of the molecule is CCOc1ccc(NC(=O)C(=Cc2cccc([N+](=O)[O-])c2)c2ccccc2)cc1. The Morgan fingerprint density at radius 3 is 2.41 bits per heavy atom. The number of non-ortho nitro benzene ring substituents is 1. The molecule has 0 saturated carbocycles. The maximum absolute atomic E-state index is 13.0. The molecule has 0 atom stereocenters. The minimum Gasteiger partial charge on any atom is -0.494 e.